The average Bonchev–Trinajstić information content (AvgIpc) is 2.84. The second-order valence-corrected chi connectivity index (χ2v) is 5.45. The fourth-order valence-electron chi connectivity index (χ4n) is 1.50. The van der Waals surface area contributed by atoms with Gasteiger partial charge in [-0.2, -0.15) is 5.26 Å². The second-order valence-electron chi connectivity index (χ2n) is 3.56. The third-order valence-electron chi connectivity index (χ3n) is 2.37. The van der Waals surface area contributed by atoms with Crippen LogP contribution in [0.4, 0.5) is 5.69 Å². The highest BCUT2D eigenvalue weighted by Crippen LogP contribution is 2.23. The van der Waals surface area contributed by atoms with E-state index >= 15 is 0 Å². The predicted octanol–water partition coefficient (Wildman–Crippen LogP) is 4.04. The molecule has 4 heteroatoms. The van der Waals surface area contributed by atoms with E-state index in [1.54, 1.807) is 11.3 Å². The SMILES string of the molecule is N#Cc1ccc(NCCc2cccs2)c(Br)c1. The Hall–Kier alpha value is -1.31. The van der Waals surface area contributed by atoms with Gasteiger partial charge in [0, 0.05) is 21.6 Å². The van der Waals surface area contributed by atoms with Gasteiger partial charge in [0.25, 0.3) is 0 Å². The molecule has 1 aromatic heterocycles. The molecular formula is C13H11BrN2S. The Kier molecular flexibility index (Phi) is 4.18. The third-order valence-corrected chi connectivity index (χ3v) is 3.96. The van der Waals surface area contributed by atoms with Crippen molar-refractivity contribution in [2.45, 2.75) is 6.42 Å². The van der Waals surface area contributed by atoms with E-state index in [1.807, 2.05) is 18.2 Å². The number of nitrogens with one attached hydrogen (secondary N) is 1. The maximum atomic E-state index is 8.76. The van der Waals surface area contributed by atoms with Gasteiger partial charge in [-0.25, -0.2) is 0 Å². The summed E-state index contributed by atoms with van der Waals surface area (Å²) in [6, 6.07) is 11.9. The Morgan fingerprint density at radius 2 is 2.24 bits per heavy atom. The van der Waals surface area contributed by atoms with E-state index in [9.17, 15) is 0 Å². The lowest BCUT2D eigenvalue weighted by Gasteiger charge is -2.07. The lowest BCUT2D eigenvalue weighted by Crippen LogP contribution is -2.04. The summed E-state index contributed by atoms with van der Waals surface area (Å²) in [5.74, 6) is 0. The Bertz CT molecular complexity index is 529. The van der Waals surface area contributed by atoms with Crippen LogP contribution in [0, 0.1) is 11.3 Å². The zero-order valence-electron chi connectivity index (χ0n) is 9.11. The third kappa shape index (κ3) is 3.32. The minimum absolute atomic E-state index is 0.667. The van der Waals surface area contributed by atoms with E-state index in [1.165, 1.54) is 4.88 Å². The summed E-state index contributed by atoms with van der Waals surface area (Å²) in [6.45, 7) is 0.894. The maximum Gasteiger partial charge on any atom is 0.0992 e. The van der Waals surface area contributed by atoms with Crippen LogP contribution in [-0.4, -0.2) is 6.54 Å². The molecule has 0 atom stereocenters. The van der Waals surface area contributed by atoms with E-state index in [2.05, 4.69) is 44.8 Å². The van der Waals surface area contributed by atoms with Gasteiger partial charge in [-0.1, -0.05) is 6.07 Å². The summed E-state index contributed by atoms with van der Waals surface area (Å²) in [4.78, 5) is 1.38. The fourth-order valence-corrected chi connectivity index (χ4v) is 2.73. The van der Waals surface area contributed by atoms with Crippen molar-refractivity contribution >= 4 is 33.0 Å². The van der Waals surface area contributed by atoms with Crippen molar-refractivity contribution in [3.05, 3.63) is 50.6 Å². The number of hydrogen-bond acceptors (Lipinski definition) is 3. The predicted molar refractivity (Wildman–Crippen MR) is 75.4 cm³/mol. The molecule has 0 spiro atoms. The quantitative estimate of drug-likeness (QED) is 0.925. The summed E-state index contributed by atoms with van der Waals surface area (Å²) in [5, 5.41) is 14.2. The fraction of sp³-hybridized carbons (Fsp3) is 0.154. The molecule has 0 aliphatic rings. The van der Waals surface area contributed by atoms with Crippen LogP contribution in [0.2, 0.25) is 0 Å². The lowest BCUT2D eigenvalue weighted by atomic mass is 10.2. The molecule has 0 bridgehead atoms. The zero-order valence-corrected chi connectivity index (χ0v) is 11.5. The molecule has 0 unspecified atom stereocenters. The first-order valence-electron chi connectivity index (χ1n) is 5.25. The standard InChI is InChI=1S/C13H11BrN2S/c14-12-8-10(9-15)3-4-13(12)16-6-5-11-2-1-7-17-11/h1-4,7-8,16H,5-6H2. The van der Waals surface area contributed by atoms with Gasteiger partial charge < -0.3 is 5.32 Å². The van der Waals surface area contributed by atoms with Crippen LogP contribution in [0.5, 0.6) is 0 Å². The number of nitriles is 1. The first kappa shape index (κ1) is 12.2. The highest BCUT2D eigenvalue weighted by atomic mass is 79.9. The van der Waals surface area contributed by atoms with Crippen LogP contribution < -0.4 is 5.32 Å². The van der Waals surface area contributed by atoms with Gasteiger partial charge in [-0.3, -0.25) is 0 Å². The van der Waals surface area contributed by atoms with Crippen LogP contribution >= 0.6 is 27.3 Å². The van der Waals surface area contributed by atoms with Crippen molar-refractivity contribution < 1.29 is 0 Å². The van der Waals surface area contributed by atoms with Crippen LogP contribution in [0.25, 0.3) is 0 Å². The average molecular weight is 307 g/mol. The van der Waals surface area contributed by atoms with Gasteiger partial charge >= 0.3 is 0 Å². The molecule has 0 amide bonds. The molecule has 0 aliphatic carbocycles. The molecule has 2 nitrogen and oxygen atoms in total. The minimum atomic E-state index is 0.667. The number of thiophene rings is 1. The number of rotatable bonds is 4. The first-order chi connectivity index (χ1) is 8.29. The highest BCUT2D eigenvalue weighted by molar-refractivity contribution is 9.10. The van der Waals surface area contributed by atoms with Crippen LogP contribution in [0.3, 0.4) is 0 Å². The Morgan fingerprint density at radius 1 is 1.35 bits per heavy atom. The van der Waals surface area contributed by atoms with Crippen molar-refractivity contribution in [3.8, 4) is 6.07 Å². The van der Waals surface area contributed by atoms with Crippen molar-refractivity contribution in [1.82, 2.24) is 0 Å². The summed E-state index contributed by atoms with van der Waals surface area (Å²) < 4.78 is 0.933. The monoisotopic (exact) mass is 306 g/mol. The molecule has 86 valence electrons. The molecular weight excluding hydrogens is 296 g/mol. The number of benzene rings is 1. The molecule has 0 aliphatic heterocycles. The summed E-state index contributed by atoms with van der Waals surface area (Å²) >= 11 is 5.23. The van der Waals surface area contributed by atoms with E-state index in [0.29, 0.717) is 5.56 Å². The van der Waals surface area contributed by atoms with Crippen molar-refractivity contribution in [2.75, 3.05) is 11.9 Å². The van der Waals surface area contributed by atoms with Gasteiger partial charge in [0.05, 0.1) is 11.6 Å². The molecule has 1 heterocycles. The minimum Gasteiger partial charge on any atom is -0.384 e. The van der Waals surface area contributed by atoms with Crippen molar-refractivity contribution in [3.63, 3.8) is 0 Å². The second kappa shape index (κ2) is 5.85. The Balaban J connectivity index is 1.93. The number of anilines is 1. The molecule has 0 saturated carbocycles. The maximum absolute atomic E-state index is 8.76. The Morgan fingerprint density at radius 3 is 2.88 bits per heavy atom. The zero-order chi connectivity index (χ0) is 12.1. The number of halogens is 1. The van der Waals surface area contributed by atoms with Crippen LogP contribution in [-0.2, 0) is 6.42 Å². The molecule has 1 aromatic carbocycles. The van der Waals surface area contributed by atoms with E-state index in [0.717, 1.165) is 23.1 Å². The molecule has 0 saturated heterocycles. The summed E-state index contributed by atoms with van der Waals surface area (Å²) in [6.07, 6.45) is 1.02. The highest BCUT2D eigenvalue weighted by Gasteiger charge is 2.01. The topological polar surface area (TPSA) is 35.8 Å². The van der Waals surface area contributed by atoms with Gasteiger partial charge in [-0.15, -0.1) is 11.3 Å². The first-order valence-corrected chi connectivity index (χ1v) is 6.93. The Labute approximate surface area is 113 Å². The summed E-state index contributed by atoms with van der Waals surface area (Å²) in [7, 11) is 0. The van der Waals surface area contributed by atoms with Gasteiger partial charge in [-0.05, 0) is 52.0 Å². The number of nitrogens with zero attached hydrogens (tertiary/aromatic N) is 1. The number of hydrogen-bond donors (Lipinski definition) is 1. The smallest absolute Gasteiger partial charge is 0.0992 e. The van der Waals surface area contributed by atoms with Crippen molar-refractivity contribution in [1.29, 1.82) is 5.26 Å². The van der Waals surface area contributed by atoms with E-state index in [4.69, 9.17) is 5.26 Å². The van der Waals surface area contributed by atoms with Gasteiger partial charge in [0.2, 0.25) is 0 Å². The molecule has 2 aromatic rings. The van der Waals surface area contributed by atoms with Crippen LogP contribution in [0.15, 0.2) is 40.2 Å². The largest absolute Gasteiger partial charge is 0.384 e. The normalized spacial score (nSPS) is 9.88. The van der Waals surface area contributed by atoms with E-state index in [-0.39, 0.29) is 0 Å². The van der Waals surface area contributed by atoms with Gasteiger partial charge in [0.15, 0.2) is 0 Å². The van der Waals surface area contributed by atoms with Crippen molar-refractivity contribution in [2.24, 2.45) is 0 Å². The van der Waals surface area contributed by atoms with Crippen LogP contribution in [0.1, 0.15) is 10.4 Å². The molecule has 17 heavy (non-hydrogen) atoms. The molecule has 2 rings (SSSR count). The molecule has 1 N–H and O–H groups in total. The summed E-state index contributed by atoms with van der Waals surface area (Å²) in [5.41, 5.74) is 1.70. The van der Waals surface area contributed by atoms with E-state index < -0.39 is 0 Å². The van der Waals surface area contributed by atoms with Gasteiger partial charge in [0.1, 0.15) is 0 Å². The molecule has 0 radical (unpaired) electrons. The molecule has 0 fully saturated rings. The lowest BCUT2D eigenvalue weighted by molar-refractivity contribution is 1.04.